The molecule has 1 nitrogen and oxygen atoms in total. The average Bonchev–Trinajstić information content (AvgIpc) is 2.15. The first-order valence-corrected chi connectivity index (χ1v) is 4.97. The number of rotatable bonds is 4. The minimum atomic E-state index is -4.88. The molecule has 1 aromatic rings. The molecular formula is C10H13BF4N-. The number of halogens is 4. The van der Waals surface area contributed by atoms with E-state index in [0.29, 0.717) is 0 Å². The van der Waals surface area contributed by atoms with Crippen molar-refractivity contribution >= 4 is 6.98 Å². The summed E-state index contributed by atoms with van der Waals surface area (Å²) < 4.78 is 50.0. The predicted octanol–water partition coefficient (Wildman–Crippen LogP) is 3.21. The molecule has 1 rings (SSSR count). The lowest BCUT2D eigenvalue weighted by atomic mass is 9.90. The molecule has 6 heteroatoms. The van der Waals surface area contributed by atoms with Crippen LogP contribution in [0, 0.1) is 5.82 Å². The zero-order chi connectivity index (χ0) is 12.3. The molecule has 0 radical (unpaired) electrons. The van der Waals surface area contributed by atoms with Crippen LogP contribution in [-0.4, -0.2) is 25.4 Å². The molecule has 0 bridgehead atoms. The second-order valence-corrected chi connectivity index (χ2v) is 3.85. The van der Waals surface area contributed by atoms with Gasteiger partial charge in [0.05, 0.1) is 0 Å². The molecule has 0 saturated carbocycles. The summed E-state index contributed by atoms with van der Waals surface area (Å²) in [7, 11) is 1.34. The highest BCUT2D eigenvalue weighted by Gasteiger charge is 2.27. The van der Waals surface area contributed by atoms with Gasteiger partial charge in [0.25, 0.3) is 0 Å². The second-order valence-electron chi connectivity index (χ2n) is 3.85. The predicted molar refractivity (Wildman–Crippen MR) is 56.5 cm³/mol. The Labute approximate surface area is 92.1 Å². The van der Waals surface area contributed by atoms with Gasteiger partial charge >= 0.3 is 6.98 Å². The molecule has 0 aliphatic heterocycles. The van der Waals surface area contributed by atoms with Gasteiger partial charge in [-0.05, 0) is 26.5 Å². The summed E-state index contributed by atoms with van der Waals surface area (Å²) in [5.74, 6) is -0.475. The quantitative estimate of drug-likeness (QED) is 0.571. The molecule has 1 atom stereocenters. The van der Waals surface area contributed by atoms with E-state index < -0.39 is 25.3 Å². The van der Waals surface area contributed by atoms with Gasteiger partial charge in [-0.3, -0.25) is 0 Å². The van der Waals surface area contributed by atoms with Gasteiger partial charge in [0.1, 0.15) is 5.82 Å². The summed E-state index contributed by atoms with van der Waals surface area (Å²) in [6.07, 6.45) is -0.991. The van der Waals surface area contributed by atoms with Crippen LogP contribution in [0.3, 0.4) is 0 Å². The third-order valence-corrected chi connectivity index (χ3v) is 2.51. The highest BCUT2D eigenvalue weighted by molar-refractivity contribution is 6.58. The second kappa shape index (κ2) is 4.87. The summed E-state index contributed by atoms with van der Waals surface area (Å²) in [6, 6.07) is 5.28. The number of hydrogen-bond donors (Lipinski definition) is 0. The van der Waals surface area contributed by atoms with Gasteiger partial charge in [-0.1, -0.05) is 18.2 Å². The maximum Gasteiger partial charge on any atom is 0.492 e. The summed E-state index contributed by atoms with van der Waals surface area (Å²) in [6.45, 7) is -3.33. The van der Waals surface area contributed by atoms with Crippen molar-refractivity contribution in [2.24, 2.45) is 0 Å². The van der Waals surface area contributed by atoms with E-state index in [1.54, 1.807) is 13.0 Å². The van der Waals surface area contributed by atoms with Crippen molar-refractivity contribution in [2.75, 3.05) is 13.5 Å². The fourth-order valence-corrected chi connectivity index (χ4v) is 1.54. The van der Waals surface area contributed by atoms with E-state index in [1.807, 2.05) is 0 Å². The molecule has 0 aromatic heterocycles. The normalized spacial score (nSPS) is 14.2. The minimum Gasteiger partial charge on any atom is -0.448 e. The Morgan fingerprint density at radius 2 is 1.81 bits per heavy atom. The van der Waals surface area contributed by atoms with Gasteiger partial charge in [-0.25, -0.2) is 4.39 Å². The molecule has 0 aliphatic carbocycles. The van der Waals surface area contributed by atoms with Crippen LogP contribution in [0.4, 0.5) is 17.3 Å². The van der Waals surface area contributed by atoms with E-state index in [1.165, 1.54) is 25.2 Å². The molecule has 0 heterocycles. The van der Waals surface area contributed by atoms with Gasteiger partial charge in [-0.2, -0.15) is 0 Å². The van der Waals surface area contributed by atoms with Crippen LogP contribution < -0.4 is 0 Å². The van der Waals surface area contributed by atoms with Gasteiger partial charge in [0.15, 0.2) is 0 Å². The van der Waals surface area contributed by atoms with Gasteiger partial charge in [0, 0.05) is 11.6 Å². The van der Waals surface area contributed by atoms with Crippen LogP contribution in [0.15, 0.2) is 24.3 Å². The molecule has 0 spiro atoms. The minimum absolute atomic E-state index is 0.282. The number of hydrogen-bond acceptors (Lipinski definition) is 1. The Morgan fingerprint density at radius 3 is 2.31 bits per heavy atom. The zero-order valence-corrected chi connectivity index (χ0v) is 9.13. The van der Waals surface area contributed by atoms with Gasteiger partial charge < -0.3 is 17.8 Å². The largest absolute Gasteiger partial charge is 0.492 e. The van der Waals surface area contributed by atoms with Crippen molar-refractivity contribution in [2.45, 2.75) is 13.0 Å². The third kappa shape index (κ3) is 3.52. The number of nitrogens with zero attached hydrogens (tertiary/aromatic N) is 1. The molecule has 0 saturated heterocycles. The van der Waals surface area contributed by atoms with E-state index in [-0.39, 0.29) is 5.56 Å². The monoisotopic (exact) mass is 234 g/mol. The summed E-state index contributed by atoms with van der Waals surface area (Å²) in [5.41, 5.74) is 0.282. The van der Waals surface area contributed by atoms with E-state index in [2.05, 4.69) is 0 Å². The lowest BCUT2D eigenvalue weighted by molar-refractivity contribution is 0.262. The Kier molecular flexibility index (Phi) is 3.96. The summed E-state index contributed by atoms with van der Waals surface area (Å²) in [4.78, 5) is 1.10. The van der Waals surface area contributed by atoms with Crippen molar-refractivity contribution in [3.05, 3.63) is 35.6 Å². The standard InChI is InChI=1S/C10H13BF4N/c1-8(16(2)7-11(13,14)15)9-5-3-4-6-10(9)12/h3-6,8H,7H2,1-2H3/q-1. The highest BCUT2D eigenvalue weighted by Crippen LogP contribution is 2.23. The van der Waals surface area contributed by atoms with Crippen molar-refractivity contribution in [3.8, 4) is 0 Å². The maximum atomic E-state index is 13.3. The van der Waals surface area contributed by atoms with Crippen LogP contribution in [0.25, 0.3) is 0 Å². The molecule has 16 heavy (non-hydrogen) atoms. The van der Waals surface area contributed by atoms with Gasteiger partial charge in [-0.15, -0.1) is 0 Å². The van der Waals surface area contributed by atoms with Crippen LogP contribution in [0.5, 0.6) is 0 Å². The lowest BCUT2D eigenvalue weighted by Crippen LogP contribution is -2.37. The Balaban J connectivity index is 2.78. The van der Waals surface area contributed by atoms with Crippen molar-refractivity contribution in [1.29, 1.82) is 0 Å². The molecule has 0 amide bonds. The van der Waals surface area contributed by atoms with Crippen LogP contribution in [0.1, 0.15) is 18.5 Å². The molecule has 0 N–H and O–H groups in total. The third-order valence-electron chi connectivity index (χ3n) is 2.51. The Morgan fingerprint density at radius 1 is 1.25 bits per heavy atom. The summed E-state index contributed by atoms with van der Waals surface area (Å²) in [5, 5.41) is 0. The first-order chi connectivity index (χ1) is 7.31. The Bertz CT molecular complexity index is 353. The van der Waals surface area contributed by atoms with E-state index >= 15 is 0 Å². The van der Waals surface area contributed by atoms with Crippen LogP contribution in [0.2, 0.25) is 0 Å². The van der Waals surface area contributed by atoms with Gasteiger partial charge in [0.2, 0.25) is 0 Å². The lowest BCUT2D eigenvalue weighted by Gasteiger charge is -2.29. The molecule has 1 aromatic carbocycles. The van der Waals surface area contributed by atoms with Crippen LogP contribution >= 0.6 is 0 Å². The average molecular weight is 234 g/mol. The molecule has 1 unspecified atom stereocenters. The van der Waals surface area contributed by atoms with Crippen molar-refractivity contribution in [3.63, 3.8) is 0 Å². The van der Waals surface area contributed by atoms with Crippen molar-refractivity contribution in [1.82, 2.24) is 4.90 Å². The van der Waals surface area contributed by atoms with E-state index in [4.69, 9.17) is 0 Å². The molecular weight excluding hydrogens is 221 g/mol. The maximum absolute atomic E-state index is 13.3. The van der Waals surface area contributed by atoms with E-state index in [9.17, 15) is 17.3 Å². The topological polar surface area (TPSA) is 3.24 Å². The molecule has 0 fully saturated rings. The first kappa shape index (κ1) is 13.0. The Hall–Kier alpha value is -1.04. The first-order valence-electron chi connectivity index (χ1n) is 4.97. The highest BCUT2D eigenvalue weighted by atomic mass is 19.4. The molecule has 90 valence electrons. The summed E-state index contributed by atoms with van der Waals surface area (Å²) >= 11 is 0. The van der Waals surface area contributed by atoms with Crippen molar-refractivity contribution < 1.29 is 17.3 Å². The zero-order valence-electron chi connectivity index (χ0n) is 9.13. The number of benzene rings is 1. The van der Waals surface area contributed by atoms with E-state index in [0.717, 1.165) is 4.90 Å². The SMILES string of the molecule is CC(c1ccccc1F)N(C)C[B-](F)(F)F. The fourth-order valence-electron chi connectivity index (χ4n) is 1.54. The fraction of sp³-hybridized carbons (Fsp3) is 0.400. The smallest absolute Gasteiger partial charge is 0.448 e. The molecule has 0 aliphatic rings. The van der Waals surface area contributed by atoms with Crippen LogP contribution in [-0.2, 0) is 0 Å².